The van der Waals surface area contributed by atoms with Crippen LogP contribution in [-0.2, 0) is 13.0 Å². The second-order valence-electron chi connectivity index (χ2n) is 5.72. The van der Waals surface area contributed by atoms with Crippen molar-refractivity contribution < 1.29 is 9.47 Å². The smallest absolute Gasteiger partial charge is 0.231 e. The second kappa shape index (κ2) is 8.19. The van der Waals surface area contributed by atoms with Gasteiger partial charge in [-0.3, -0.25) is 0 Å². The molecule has 0 saturated heterocycles. The first-order valence-electron chi connectivity index (χ1n) is 7.84. The predicted octanol–water partition coefficient (Wildman–Crippen LogP) is 4.74. The summed E-state index contributed by atoms with van der Waals surface area (Å²) in [6.07, 6.45) is 2.82. The van der Waals surface area contributed by atoms with Crippen LogP contribution < -0.4 is 14.8 Å². The van der Waals surface area contributed by atoms with Crippen LogP contribution in [0.5, 0.6) is 11.5 Å². The monoisotopic (exact) mass is 394 g/mol. The molecule has 1 aliphatic heterocycles. The average molecular weight is 395 g/mol. The Hall–Kier alpha value is -1.60. The van der Waals surface area contributed by atoms with Crippen molar-refractivity contribution in [3.05, 3.63) is 62.2 Å². The number of rotatable bonds is 6. The summed E-state index contributed by atoms with van der Waals surface area (Å²) in [4.78, 5) is 5.87. The van der Waals surface area contributed by atoms with Gasteiger partial charge in [0.1, 0.15) is 5.01 Å². The number of aryl methyl sites for hydroxylation is 1. The molecule has 1 atom stereocenters. The van der Waals surface area contributed by atoms with E-state index in [1.165, 1.54) is 16.0 Å². The number of nitrogens with zero attached hydrogens (tertiary/aromatic N) is 1. The fourth-order valence-electron chi connectivity index (χ4n) is 2.79. The number of thiophene rings is 1. The van der Waals surface area contributed by atoms with Crippen molar-refractivity contribution in [2.75, 3.05) is 6.79 Å². The van der Waals surface area contributed by atoms with Crippen molar-refractivity contribution in [1.29, 1.82) is 0 Å². The Labute approximate surface area is 161 Å². The van der Waals surface area contributed by atoms with Gasteiger partial charge in [0.25, 0.3) is 0 Å². The van der Waals surface area contributed by atoms with Gasteiger partial charge in [0.05, 0.1) is 6.04 Å². The average Bonchev–Trinajstić information content (AvgIpc) is 3.32. The van der Waals surface area contributed by atoms with Crippen LogP contribution in [0, 0.1) is 6.92 Å². The molecule has 0 aliphatic carbocycles. The molecule has 0 radical (unpaired) electrons. The van der Waals surface area contributed by atoms with Crippen LogP contribution in [0.3, 0.4) is 0 Å². The number of thiazole rings is 1. The van der Waals surface area contributed by atoms with E-state index in [1.54, 1.807) is 22.7 Å². The lowest BCUT2D eigenvalue weighted by atomic mass is 10.1. The molecule has 1 N–H and O–H groups in total. The Kier molecular flexibility index (Phi) is 5.96. The van der Waals surface area contributed by atoms with Gasteiger partial charge in [0, 0.05) is 29.4 Å². The Morgan fingerprint density at radius 3 is 2.76 bits per heavy atom. The van der Waals surface area contributed by atoms with Crippen LogP contribution in [0.1, 0.15) is 27.1 Å². The third-order valence-corrected chi connectivity index (χ3v) is 5.89. The number of nitrogens with one attached hydrogen (secondary N) is 1. The zero-order valence-electron chi connectivity index (χ0n) is 13.7. The predicted molar refractivity (Wildman–Crippen MR) is 104 cm³/mol. The minimum absolute atomic E-state index is 0. The number of fused-ring (bicyclic) bond motifs is 1. The quantitative estimate of drug-likeness (QED) is 0.655. The standard InChI is InChI=1S/C18H18N2O2S2.ClH/c1-12-7-16-17(22-11-21-16)8-13(12)10-20-15(18-19-4-6-24-18)9-14-3-2-5-23-14;/h2-8,15,20H,9-11H2,1H3;1H. The van der Waals surface area contributed by atoms with Gasteiger partial charge < -0.3 is 14.8 Å². The molecule has 25 heavy (non-hydrogen) atoms. The Morgan fingerprint density at radius 2 is 2.04 bits per heavy atom. The first kappa shape index (κ1) is 18.2. The third-order valence-electron chi connectivity index (χ3n) is 4.10. The van der Waals surface area contributed by atoms with Crippen LogP contribution in [0.15, 0.2) is 41.2 Å². The molecule has 2 aromatic heterocycles. The van der Waals surface area contributed by atoms with Crippen molar-refractivity contribution >= 4 is 35.1 Å². The van der Waals surface area contributed by atoms with Crippen molar-refractivity contribution in [2.45, 2.75) is 25.9 Å². The number of benzene rings is 1. The summed E-state index contributed by atoms with van der Waals surface area (Å²) < 4.78 is 10.9. The van der Waals surface area contributed by atoms with Crippen LogP contribution in [0.2, 0.25) is 0 Å². The minimum atomic E-state index is 0. The summed E-state index contributed by atoms with van der Waals surface area (Å²) in [5.74, 6) is 1.67. The molecule has 0 saturated carbocycles. The van der Waals surface area contributed by atoms with Crippen molar-refractivity contribution in [2.24, 2.45) is 0 Å². The summed E-state index contributed by atoms with van der Waals surface area (Å²) in [6, 6.07) is 8.62. The van der Waals surface area contributed by atoms with Gasteiger partial charge in [-0.25, -0.2) is 4.98 Å². The van der Waals surface area contributed by atoms with Crippen molar-refractivity contribution in [1.82, 2.24) is 10.3 Å². The molecule has 132 valence electrons. The fraction of sp³-hybridized carbons (Fsp3) is 0.278. The topological polar surface area (TPSA) is 43.4 Å². The molecule has 0 spiro atoms. The SMILES string of the molecule is Cc1cc2c(cc1CNC(Cc1cccs1)c1nccs1)OCO2.Cl. The highest BCUT2D eigenvalue weighted by Gasteiger charge is 2.18. The maximum Gasteiger partial charge on any atom is 0.231 e. The molecule has 4 rings (SSSR count). The fourth-order valence-corrected chi connectivity index (χ4v) is 4.26. The Balaban J connectivity index is 0.00000182. The van der Waals surface area contributed by atoms with Gasteiger partial charge in [-0.1, -0.05) is 6.07 Å². The van der Waals surface area contributed by atoms with Gasteiger partial charge in [0.2, 0.25) is 6.79 Å². The molecule has 1 aliphatic rings. The van der Waals surface area contributed by atoms with E-state index in [-0.39, 0.29) is 18.4 Å². The molecular formula is C18H19ClN2O2S2. The Bertz CT molecular complexity index is 807. The van der Waals surface area contributed by atoms with Crippen LogP contribution in [0.25, 0.3) is 0 Å². The highest BCUT2D eigenvalue weighted by atomic mass is 35.5. The van der Waals surface area contributed by atoms with E-state index in [0.717, 1.165) is 29.5 Å². The molecular weight excluding hydrogens is 376 g/mol. The van der Waals surface area contributed by atoms with Crippen LogP contribution in [0.4, 0.5) is 0 Å². The minimum Gasteiger partial charge on any atom is -0.454 e. The lowest BCUT2D eigenvalue weighted by molar-refractivity contribution is 0.174. The van der Waals surface area contributed by atoms with E-state index < -0.39 is 0 Å². The second-order valence-corrected chi connectivity index (χ2v) is 7.68. The van der Waals surface area contributed by atoms with E-state index in [1.807, 2.05) is 11.6 Å². The zero-order chi connectivity index (χ0) is 16.4. The van der Waals surface area contributed by atoms with E-state index in [2.05, 4.69) is 46.9 Å². The Morgan fingerprint density at radius 1 is 1.20 bits per heavy atom. The summed E-state index contributed by atoms with van der Waals surface area (Å²) in [5, 5.41) is 8.95. The first-order valence-corrected chi connectivity index (χ1v) is 9.60. The molecule has 0 amide bonds. The summed E-state index contributed by atoms with van der Waals surface area (Å²) in [6.45, 7) is 3.19. The van der Waals surface area contributed by atoms with Crippen molar-refractivity contribution in [3.8, 4) is 11.5 Å². The molecule has 7 heteroatoms. The zero-order valence-corrected chi connectivity index (χ0v) is 16.2. The molecule has 1 unspecified atom stereocenters. The summed E-state index contributed by atoms with van der Waals surface area (Å²) in [5.41, 5.74) is 2.44. The van der Waals surface area contributed by atoms with Gasteiger partial charge in [0.15, 0.2) is 11.5 Å². The molecule has 1 aromatic carbocycles. The van der Waals surface area contributed by atoms with Crippen LogP contribution >= 0.6 is 35.1 Å². The number of aromatic nitrogens is 1. The third kappa shape index (κ3) is 4.15. The van der Waals surface area contributed by atoms with Crippen LogP contribution in [-0.4, -0.2) is 11.8 Å². The maximum absolute atomic E-state index is 5.50. The molecule has 3 aromatic rings. The normalized spacial score (nSPS) is 13.5. The number of hydrogen-bond acceptors (Lipinski definition) is 6. The molecule has 3 heterocycles. The molecule has 4 nitrogen and oxygen atoms in total. The molecule has 0 bridgehead atoms. The largest absolute Gasteiger partial charge is 0.454 e. The maximum atomic E-state index is 5.50. The van der Waals surface area contributed by atoms with E-state index in [0.29, 0.717) is 6.79 Å². The van der Waals surface area contributed by atoms with Crippen molar-refractivity contribution in [3.63, 3.8) is 0 Å². The number of ether oxygens (including phenoxy) is 2. The molecule has 0 fully saturated rings. The highest BCUT2D eigenvalue weighted by molar-refractivity contribution is 7.10. The lowest BCUT2D eigenvalue weighted by Gasteiger charge is -2.17. The van der Waals surface area contributed by atoms with Gasteiger partial charge in [-0.15, -0.1) is 35.1 Å². The van der Waals surface area contributed by atoms with E-state index in [9.17, 15) is 0 Å². The van der Waals surface area contributed by atoms with Gasteiger partial charge >= 0.3 is 0 Å². The van der Waals surface area contributed by atoms with E-state index >= 15 is 0 Å². The van der Waals surface area contributed by atoms with E-state index in [4.69, 9.17) is 9.47 Å². The number of halogens is 1. The lowest BCUT2D eigenvalue weighted by Crippen LogP contribution is -2.23. The summed E-state index contributed by atoms with van der Waals surface area (Å²) >= 11 is 3.49. The van der Waals surface area contributed by atoms with Gasteiger partial charge in [-0.2, -0.15) is 0 Å². The highest BCUT2D eigenvalue weighted by Crippen LogP contribution is 2.35. The van der Waals surface area contributed by atoms with Gasteiger partial charge in [-0.05, 0) is 41.6 Å². The first-order chi connectivity index (χ1) is 11.8. The summed E-state index contributed by atoms with van der Waals surface area (Å²) in [7, 11) is 0. The number of hydrogen-bond donors (Lipinski definition) is 1.